The Morgan fingerprint density at radius 2 is 1.54 bits per heavy atom. The molecule has 4 rings (SSSR count). The number of likely N-dealkylation sites (tertiary alicyclic amines) is 1. The molecular formula is C22H14Cl6F3N3O3. The standard InChI is InChI=1S/C22H14Cl6F3N3O3/c23-12-2-1-9(5-11(12)18(35)33-10-6-34(7-10)20(37)22(29,30)31)32-19(36)16-15(21(16,27)28)8-3-13(24)17(26)14(25)4-8/h1-5,10,15-16H,6-7H2,(H,32,36)(H,33,35). The average Bonchev–Trinajstić information content (AvgIpc) is 3.36. The Hall–Kier alpha value is -1.62. The molecule has 198 valence electrons. The molecule has 2 N–H and O–H groups in total. The Bertz CT molecular complexity index is 1280. The fraction of sp³-hybridized carbons (Fsp3) is 0.318. The number of alkyl halides is 5. The van der Waals surface area contributed by atoms with Crippen molar-refractivity contribution in [3.8, 4) is 0 Å². The molecule has 0 spiro atoms. The molecule has 0 aromatic heterocycles. The summed E-state index contributed by atoms with van der Waals surface area (Å²) in [5.41, 5.74) is 0.676. The molecule has 2 aliphatic rings. The maximum Gasteiger partial charge on any atom is 0.471 e. The van der Waals surface area contributed by atoms with Gasteiger partial charge >= 0.3 is 12.1 Å². The molecule has 2 fully saturated rings. The number of halogens is 9. The summed E-state index contributed by atoms with van der Waals surface area (Å²) < 4.78 is 36.0. The van der Waals surface area contributed by atoms with Crippen LogP contribution in [0.2, 0.25) is 20.1 Å². The van der Waals surface area contributed by atoms with Crippen LogP contribution in [0.25, 0.3) is 0 Å². The Morgan fingerprint density at radius 3 is 2.11 bits per heavy atom. The summed E-state index contributed by atoms with van der Waals surface area (Å²) >= 11 is 37.0. The first-order chi connectivity index (χ1) is 17.1. The van der Waals surface area contributed by atoms with Crippen LogP contribution in [0.15, 0.2) is 30.3 Å². The second kappa shape index (κ2) is 10.2. The third-order valence-electron chi connectivity index (χ3n) is 5.93. The molecule has 1 aliphatic carbocycles. The molecule has 1 saturated heterocycles. The van der Waals surface area contributed by atoms with Gasteiger partial charge < -0.3 is 15.5 Å². The smallest absolute Gasteiger partial charge is 0.346 e. The molecule has 2 aromatic rings. The maximum absolute atomic E-state index is 13.0. The zero-order chi connectivity index (χ0) is 27.4. The first kappa shape index (κ1) is 28.4. The fourth-order valence-electron chi connectivity index (χ4n) is 4.00. The summed E-state index contributed by atoms with van der Waals surface area (Å²) in [6, 6.07) is 6.45. The molecular weight excluding hydrogens is 624 g/mol. The fourth-order valence-corrected chi connectivity index (χ4v) is 5.64. The minimum Gasteiger partial charge on any atom is -0.346 e. The van der Waals surface area contributed by atoms with Gasteiger partial charge in [-0.1, -0.05) is 46.4 Å². The number of carbonyl (C=O) groups is 3. The molecule has 0 bridgehead atoms. The van der Waals surface area contributed by atoms with Crippen LogP contribution >= 0.6 is 69.6 Å². The van der Waals surface area contributed by atoms with Gasteiger partial charge in [0, 0.05) is 24.7 Å². The minimum absolute atomic E-state index is 0.0355. The van der Waals surface area contributed by atoms with E-state index in [1.54, 1.807) is 0 Å². The molecule has 37 heavy (non-hydrogen) atoms. The van der Waals surface area contributed by atoms with Gasteiger partial charge in [0.2, 0.25) is 5.91 Å². The Balaban J connectivity index is 1.41. The summed E-state index contributed by atoms with van der Waals surface area (Å²) in [6.45, 7) is -0.596. The molecule has 2 unspecified atom stereocenters. The van der Waals surface area contributed by atoms with E-state index in [-0.39, 0.29) is 44.4 Å². The van der Waals surface area contributed by atoms with E-state index in [1.165, 1.54) is 30.3 Å². The van der Waals surface area contributed by atoms with Crippen LogP contribution in [-0.2, 0) is 9.59 Å². The Labute approximate surface area is 238 Å². The lowest BCUT2D eigenvalue weighted by Crippen LogP contribution is -2.63. The summed E-state index contributed by atoms with van der Waals surface area (Å²) in [5.74, 6) is -4.74. The summed E-state index contributed by atoms with van der Waals surface area (Å²) in [6.07, 6.45) is -4.98. The van der Waals surface area contributed by atoms with Gasteiger partial charge in [-0.3, -0.25) is 14.4 Å². The summed E-state index contributed by atoms with van der Waals surface area (Å²) in [4.78, 5) is 37.4. The van der Waals surface area contributed by atoms with Gasteiger partial charge in [-0.15, -0.1) is 23.2 Å². The highest BCUT2D eigenvalue weighted by molar-refractivity contribution is 6.54. The molecule has 1 saturated carbocycles. The largest absolute Gasteiger partial charge is 0.471 e. The topological polar surface area (TPSA) is 78.5 Å². The van der Waals surface area contributed by atoms with Crippen molar-refractivity contribution < 1.29 is 27.6 Å². The lowest BCUT2D eigenvalue weighted by atomic mass is 10.1. The third-order valence-corrected chi connectivity index (χ3v) is 8.39. The van der Waals surface area contributed by atoms with Gasteiger partial charge in [0.25, 0.3) is 5.91 Å². The van der Waals surface area contributed by atoms with E-state index in [0.717, 1.165) is 0 Å². The van der Waals surface area contributed by atoms with Crippen molar-refractivity contribution >= 4 is 93.0 Å². The van der Waals surface area contributed by atoms with Crippen LogP contribution in [0.3, 0.4) is 0 Å². The number of rotatable bonds is 5. The van der Waals surface area contributed by atoms with Crippen molar-refractivity contribution in [3.63, 3.8) is 0 Å². The SMILES string of the molecule is O=C(NC1CN(C(=O)C(F)(F)F)C1)c1cc(NC(=O)C2C(c3cc(Cl)c(Cl)c(Cl)c3)C2(Cl)Cl)ccc1Cl. The second-order valence-electron chi connectivity index (χ2n) is 8.49. The Morgan fingerprint density at radius 1 is 0.946 bits per heavy atom. The van der Waals surface area contributed by atoms with Crippen LogP contribution in [0.1, 0.15) is 21.8 Å². The number of hydrogen-bond donors (Lipinski definition) is 2. The van der Waals surface area contributed by atoms with Gasteiger partial charge in [0.05, 0.1) is 37.6 Å². The molecule has 3 amide bonds. The molecule has 2 aromatic carbocycles. The van der Waals surface area contributed by atoms with Crippen LogP contribution in [0.4, 0.5) is 18.9 Å². The first-order valence-electron chi connectivity index (χ1n) is 10.4. The molecule has 6 nitrogen and oxygen atoms in total. The quantitative estimate of drug-likeness (QED) is 0.297. The van der Waals surface area contributed by atoms with Crippen molar-refractivity contribution in [2.45, 2.75) is 22.5 Å². The van der Waals surface area contributed by atoms with E-state index in [0.29, 0.717) is 10.5 Å². The predicted octanol–water partition coefficient (Wildman–Crippen LogP) is 6.33. The van der Waals surface area contributed by atoms with E-state index in [9.17, 15) is 27.6 Å². The average molecular weight is 638 g/mol. The van der Waals surface area contributed by atoms with Crippen LogP contribution in [0.5, 0.6) is 0 Å². The second-order valence-corrected chi connectivity index (χ2v) is 11.5. The molecule has 1 heterocycles. The number of carbonyl (C=O) groups excluding carboxylic acids is 3. The van der Waals surface area contributed by atoms with Crippen molar-refractivity contribution in [1.82, 2.24) is 10.2 Å². The van der Waals surface area contributed by atoms with Crippen LogP contribution < -0.4 is 10.6 Å². The Kier molecular flexibility index (Phi) is 7.80. The molecule has 2 atom stereocenters. The highest BCUT2D eigenvalue weighted by Gasteiger charge is 2.67. The van der Waals surface area contributed by atoms with Gasteiger partial charge in [-0.05, 0) is 35.9 Å². The number of amides is 3. The van der Waals surface area contributed by atoms with E-state index in [2.05, 4.69) is 10.6 Å². The van der Waals surface area contributed by atoms with E-state index < -0.39 is 46.1 Å². The monoisotopic (exact) mass is 635 g/mol. The summed E-state index contributed by atoms with van der Waals surface area (Å²) in [5, 5.41) is 5.66. The predicted molar refractivity (Wildman–Crippen MR) is 136 cm³/mol. The van der Waals surface area contributed by atoms with E-state index >= 15 is 0 Å². The molecule has 15 heteroatoms. The van der Waals surface area contributed by atoms with Crippen molar-refractivity contribution in [3.05, 3.63) is 61.5 Å². The number of anilines is 1. The van der Waals surface area contributed by atoms with Gasteiger partial charge in [0.15, 0.2) is 0 Å². The van der Waals surface area contributed by atoms with Crippen molar-refractivity contribution in [1.29, 1.82) is 0 Å². The van der Waals surface area contributed by atoms with Crippen LogP contribution in [0, 0.1) is 5.92 Å². The highest BCUT2D eigenvalue weighted by atomic mass is 35.5. The number of hydrogen-bond acceptors (Lipinski definition) is 3. The van der Waals surface area contributed by atoms with Gasteiger partial charge in [-0.25, -0.2) is 0 Å². The van der Waals surface area contributed by atoms with Gasteiger partial charge in [-0.2, -0.15) is 13.2 Å². The lowest BCUT2D eigenvalue weighted by molar-refractivity contribution is -0.190. The van der Waals surface area contributed by atoms with E-state index in [1.807, 2.05) is 0 Å². The lowest BCUT2D eigenvalue weighted by Gasteiger charge is -2.39. The number of benzene rings is 2. The first-order valence-corrected chi connectivity index (χ1v) is 12.7. The zero-order valence-electron chi connectivity index (χ0n) is 18.1. The molecule has 0 radical (unpaired) electrons. The number of nitrogens with zero attached hydrogens (tertiary/aromatic N) is 1. The minimum atomic E-state index is -4.98. The van der Waals surface area contributed by atoms with Crippen LogP contribution in [-0.4, -0.2) is 52.3 Å². The number of nitrogens with one attached hydrogen (secondary N) is 2. The molecule has 1 aliphatic heterocycles. The third kappa shape index (κ3) is 5.72. The van der Waals surface area contributed by atoms with Gasteiger partial charge in [0.1, 0.15) is 4.33 Å². The van der Waals surface area contributed by atoms with Crippen molar-refractivity contribution in [2.24, 2.45) is 5.92 Å². The summed E-state index contributed by atoms with van der Waals surface area (Å²) in [7, 11) is 0. The maximum atomic E-state index is 13.0. The van der Waals surface area contributed by atoms with E-state index in [4.69, 9.17) is 69.6 Å². The zero-order valence-corrected chi connectivity index (χ0v) is 22.6. The highest BCUT2D eigenvalue weighted by Crippen LogP contribution is 2.65. The van der Waals surface area contributed by atoms with Crippen molar-refractivity contribution in [2.75, 3.05) is 18.4 Å². The normalized spacial score (nSPS) is 20.7.